The van der Waals surface area contributed by atoms with Gasteiger partial charge >= 0.3 is 12.2 Å². The summed E-state index contributed by atoms with van der Waals surface area (Å²) >= 11 is 0. The molecule has 2 atom stereocenters. The van der Waals surface area contributed by atoms with E-state index in [2.05, 4.69) is 0 Å². The van der Waals surface area contributed by atoms with Crippen LogP contribution < -0.4 is 9.80 Å². The second-order valence-corrected chi connectivity index (χ2v) is 7.92. The number of ketones is 1. The predicted octanol–water partition coefficient (Wildman–Crippen LogP) is 4.69. The van der Waals surface area contributed by atoms with E-state index in [9.17, 15) is 22.8 Å². The fraction of sp³-hybridized carbons (Fsp3) is 0.348. The molecule has 0 aliphatic carbocycles. The van der Waals surface area contributed by atoms with Gasteiger partial charge < -0.3 is 4.74 Å². The second kappa shape index (κ2) is 7.95. The predicted molar refractivity (Wildman–Crippen MR) is 111 cm³/mol. The number of benzene rings is 2. The van der Waals surface area contributed by atoms with Gasteiger partial charge in [-0.25, -0.2) is 4.79 Å². The van der Waals surface area contributed by atoms with Crippen LogP contribution in [0.2, 0.25) is 0 Å². The monoisotopic (exact) mass is 443 g/mol. The highest BCUT2D eigenvalue weighted by atomic mass is 19.4. The summed E-state index contributed by atoms with van der Waals surface area (Å²) in [5, 5.41) is 9.08. The molecule has 2 aliphatic rings. The molecule has 0 saturated carbocycles. The Morgan fingerprint density at radius 3 is 2.41 bits per heavy atom. The molecule has 2 amide bonds. The standard InChI is InChI=1S/C23H20F3N3O3/c1-13-9-16(5-6-18(13)14(2)30)29-21-12-32-8-7-20(21)28(22(29)31)17-4-3-15(11-27)19(10-17)23(24,25)26/h3-6,9-10,20-21H,7-8,12H2,1-2H3/t20-,21-/m0/s1. The highest BCUT2D eigenvalue weighted by Gasteiger charge is 2.49. The Kier molecular flexibility index (Phi) is 5.42. The third-order valence-electron chi connectivity index (χ3n) is 5.94. The summed E-state index contributed by atoms with van der Waals surface area (Å²) in [6.07, 6.45) is -4.27. The number of hydrogen-bond acceptors (Lipinski definition) is 4. The molecule has 2 saturated heterocycles. The van der Waals surface area contributed by atoms with Crippen LogP contribution in [0.5, 0.6) is 0 Å². The van der Waals surface area contributed by atoms with Gasteiger partial charge in [-0.05, 0) is 62.2 Å². The number of rotatable bonds is 3. The van der Waals surface area contributed by atoms with Gasteiger partial charge in [0.25, 0.3) is 0 Å². The van der Waals surface area contributed by atoms with Crippen LogP contribution in [0, 0.1) is 18.3 Å². The van der Waals surface area contributed by atoms with E-state index in [4.69, 9.17) is 10.00 Å². The number of nitriles is 1. The molecule has 2 aromatic rings. The molecule has 0 radical (unpaired) electrons. The molecule has 0 N–H and O–H groups in total. The van der Waals surface area contributed by atoms with E-state index in [-0.39, 0.29) is 18.1 Å². The molecule has 4 rings (SSSR count). The Balaban J connectivity index is 1.79. The van der Waals surface area contributed by atoms with Crippen LogP contribution in [-0.4, -0.2) is 37.1 Å². The Morgan fingerprint density at radius 1 is 1.12 bits per heavy atom. The lowest BCUT2D eigenvalue weighted by Crippen LogP contribution is -2.45. The Labute approximate surface area is 182 Å². The number of amides is 2. The van der Waals surface area contributed by atoms with E-state index in [1.807, 2.05) is 0 Å². The number of fused-ring (bicyclic) bond motifs is 1. The molecular weight excluding hydrogens is 423 g/mol. The first-order chi connectivity index (χ1) is 15.1. The number of carbonyl (C=O) groups is 2. The van der Waals surface area contributed by atoms with Gasteiger partial charge in [0.2, 0.25) is 0 Å². The van der Waals surface area contributed by atoms with Crippen molar-refractivity contribution in [3.8, 4) is 6.07 Å². The van der Waals surface area contributed by atoms with Crippen molar-refractivity contribution in [3.63, 3.8) is 0 Å². The van der Waals surface area contributed by atoms with Crippen LogP contribution >= 0.6 is 0 Å². The lowest BCUT2D eigenvalue weighted by atomic mass is 10.00. The number of Topliss-reactive ketones (excluding diaryl/α,β-unsaturated/α-hetero) is 1. The van der Waals surface area contributed by atoms with Crippen molar-refractivity contribution in [2.75, 3.05) is 23.0 Å². The van der Waals surface area contributed by atoms with E-state index in [1.165, 1.54) is 22.8 Å². The molecule has 9 heteroatoms. The van der Waals surface area contributed by atoms with Gasteiger partial charge in [0.15, 0.2) is 5.78 Å². The number of aryl methyl sites for hydroxylation is 1. The highest BCUT2D eigenvalue weighted by molar-refractivity contribution is 6.08. The average Bonchev–Trinajstić information content (AvgIpc) is 3.04. The summed E-state index contributed by atoms with van der Waals surface area (Å²) in [6.45, 7) is 3.84. The van der Waals surface area contributed by atoms with Crippen LogP contribution in [0.3, 0.4) is 0 Å². The SMILES string of the molecule is CC(=O)c1ccc(N2C(=O)N(c3ccc(C#N)c(C(F)(F)F)c3)[C@H]3CCOC[C@@H]32)cc1C. The van der Waals surface area contributed by atoms with E-state index in [0.717, 1.165) is 12.1 Å². The Hall–Kier alpha value is -3.38. The van der Waals surface area contributed by atoms with Gasteiger partial charge in [-0.1, -0.05) is 0 Å². The van der Waals surface area contributed by atoms with Crippen molar-refractivity contribution in [3.05, 3.63) is 58.7 Å². The van der Waals surface area contributed by atoms with Crippen LogP contribution in [0.15, 0.2) is 36.4 Å². The summed E-state index contributed by atoms with van der Waals surface area (Å²) in [5.41, 5.74) is 0.295. The normalized spacial score (nSPS) is 20.8. The Bertz CT molecular complexity index is 1140. The minimum absolute atomic E-state index is 0.0813. The van der Waals surface area contributed by atoms with Crippen LogP contribution in [-0.2, 0) is 10.9 Å². The van der Waals surface area contributed by atoms with Crippen LogP contribution in [0.1, 0.15) is 40.4 Å². The first kappa shape index (κ1) is 21.8. The lowest BCUT2D eigenvalue weighted by Gasteiger charge is -2.32. The van der Waals surface area contributed by atoms with Gasteiger partial charge in [-0.2, -0.15) is 18.4 Å². The number of anilines is 2. The summed E-state index contributed by atoms with van der Waals surface area (Å²) in [6, 6.07) is 8.65. The number of halogens is 3. The maximum atomic E-state index is 13.5. The molecule has 6 nitrogen and oxygen atoms in total. The van der Waals surface area contributed by atoms with Crippen molar-refractivity contribution in [2.45, 2.75) is 38.5 Å². The van der Waals surface area contributed by atoms with Crippen LogP contribution in [0.4, 0.5) is 29.3 Å². The summed E-state index contributed by atoms with van der Waals surface area (Å²) < 4.78 is 46.1. The molecule has 2 heterocycles. The van der Waals surface area contributed by atoms with Crippen molar-refractivity contribution < 1.29 is 27.5 Å². The van der Waals surface area contributed by atoms with Gasteiger partial charge in [-0.15, -0.1) is 0 Å². The topological polar surface area (TPSA) is 73.6 Å². The average molecular weight is 443 g/mol. The van der Waals surface area contributed by atoms with Gasteiger partial charge in [0.05, 0.1) is 35.9 Å². The van der Waals surface area contributed by atoms with E-state index < -0.39 is 35.4 Å². The number of ether oxygens (including phenoxy) is 1. The maximum absolute atomic E-state index is 13.5. The Morgan fingerprint density at radius 2 is 1.78 bits per heavy atom. The fourth-order valence-electron chi connectivity index (χ4n) is 4.47. The number of carbonyl (C=O) groups excluding carboxylic acids is 2. The molecule has 2 aromatic carbocycles. The minimum Gasteiger partial charge on any atom is -0.379 e. The third kappa shape index (κ3) is 3.60. The third-order valence-corrected chi connectivity index (χ3v) is 5.94. The van der Waals surface area contributed by atoms with Gasteiger partial charge in [0.1, 0.15) is 0 Å². The minimum atomic E-state index is -4.72. The second-order valence-electron chi connectivity index (χ2n) is 7.92. The number of urea groups is 1. The number of hydrogen-bond donors (Lipinski definition) is 0. The largest absolute Gasteiger partial charge is 0.417 e. The number of nitrogens with zero attached hydrogens (tertiary/aromatic N) is 3. The smallest absolute Gasteiger partial charge is 0.379 e. The molecule has 0 unspecified atom stereocenters. The fourth-order valence-corrected chi connectivity index (χ4v) is 4.47. The van der Waals surface area contributed by atoms with E-state index >= 15 is 0 Å². The first-order valence-corrected chi connectivity index (χ1v) is 10.1. The van der Waals surface area contributed by atoms with Crippen molar-refractivity contribution in [2.24, 2.45) is 0 Å². The number of alkyl halides is 3. The molecule has 166 valence electrons. The van der Waals surface area contributed by atoms with Crippen molar-refractivity contribution in [1.82, 2.24) is 0 Å². The molecular formula is C23H20F3N3O3. The van der Waals surface area contributed by atoms with Crippen molar-refractivity contribution >= 4 is 23.2 Å². The quantitative estimate of drug-likeness (QED) is 0.645. The highest BCUT2D eigenvalue weighted by Crippen LogP contribution is 2.40. The maximum Gasteiger partial charge on any atom is 0.417 e. The zero-order valence-corrected chi connectivity index (χ0v) is 17.4. The van der Waals surface area contributed by atoms with Gasteiger partial charge in [-0.3, -0.25) is 14.6 Å². The van der Waals surface area contributed by atoms with Crippen LogP contribution in [0.25, 0.3) is 0 Å². The lowest BCUT2D eigenvalue weighted by molar-refractivity contribution is -0.137. The van der Waals surface area contributed by atoms with E-state index in [1.54, 1.807) is 31.2 Å². The van der Waals surface area contributed by atoms with Crippen molar-refractivity contribution in [1.29, 1.82) is 5.26 Å². The first-order valence-electron chi connectivity index (χ1n) is 10.1. The molecule has 0 spiro atoms. The van der Waals surface area contributed by atoms with E-state index in [0.29, 0.717) is 29.8 Å². The summed E-state index contributed by atoms with van der Waals surface area (Å²) in [7, 11) is 0. The molecule has 0 bridgehead atoms. The molecule has 0 aromatic heterocycles. The zero-order valence-electron chi connectivity index (χ0n) is 17.4. The summed E-state index contributed by atoms with van der Waals surface area (Å²) in [5.74, 6) is -0.0976. The zero-order chi connectivity index (χ0) is 23.2. The molecule has 32 heavy (non-hydrogen) atoms. The summed E-state index contributed by atoms with van der Waals surface area (Å²) in [4.78, 5) is 28.2. The molecule has 2 fully saturated rings. The molecule has 2 aliphatic heterocycles. The van der Waals surface area contributed by atoms with Gasteiger partial charge in [0, 0.05) is 23.5 Å².